The first-order valence-corrected chi connectivity index (χ1v) is 10.2. The molecule has 0 fully saturated rings. The number of amides is 2. The summed E-state index contributed by atoms with van der Waals surface area (Å²) in [6, 6.07) is 12.5. The molecule has 162 valence electrons. The van der Waals surface area contributed by atoms with E-state index in [1.807, 2.05) is 44.2 Å². The zero-order valence-corrected chi connectivity index (χ0v) is 18.2. The van der Waals surface area contributed by atoms with Crippen molar-refractivity contribution in [2.45, 2.75) is 39.4 Å². The summed E-state index contributed by atoms with van der Waals surface area (Å²) < 4.78 is 7.02. The molecule has 0 aliphatic carbocycles. The Kier molecular flexibility index (Phi) is 6.74. The Hall–Kier alpha value is -3.61. The second kappa shape index (κ2) is 9.47. The van der Waals surface area contributed by atoms with Gasteiger partial charge in [-0.1, -0.05) is 30.3 Å². The van der Waals surface area contributed by atoms with Crippen molar-refractivity contribution in [3.63, 3.8) is 0 Å². The molecule has 2 amide bonds. The van der Waals surface area contributed by atoms with Crippen molar-refractivity contribution in [3.05, 3.63) is 93.8 Å². The van der Waals surface area contributed by atoms with E-state index in [0.717, 1.165) is 5.56 Å². The van der Waals surface area contributed by atoms with Gasteiger partial charge in [0.15, 0.2) is 0 Å². The number of carbonyl (C=O) groups is 2. The van der Waals surface area contributed by atoms with Crippen LogP contribution in [-0.2, 0) is 6.54 Å². The average molecular weight is 421 g/mol. The number of hydrogen-bond acceptors (Lipinski definition) is 4. The molecule has 1 aromatic carbocycles. The highest BCUT2D eigenvalue weighted by Gasteiger charge is 2.23. The summed E-state index contributed by atoms with van der Waals surface area (Å²) in [7, 11) is 1.64. The van der Waals surface area contributed by atoms with Gasteiger partial charge < -0.3 is 19.2 Å². The van der Waals surface area contributed by atoms with E-state index in [9.17, 15) is 14.4 Å². The van der Waals surface area contributed by atoms with Crippen LogP contribution in [0.1, 0.15) is 64.9 Å². The molecule has 3 rings (SSSR count). The highest BCUT2D eigenvalue weighted by Crippen LogP contribution is 2.14. The lowest BCUT2D eigenvalue weighted by atomic mass is 10.1. The fraction of sp³-hybridized carbons (Fsp3) is 0.292. The molecule has 31 heavy (non-hydrogen) atoms. The van der Waals surface area contributed by atoms with Crippen molar-refractivity contribution < 1.29 is 14.0 Å². The van der Waals surface area contributed by atoms with Crippen LogP contribution in [0.15, 0.2) is 70.3 Å². The van der Waals surface area contributed by atoms with Crippen LogP contribution in [0.3, 0.4) is 0 Å². The quantitative estimate of drug-likeness (QED) is 0.629. The second-order valence-electron chi connectivity index (χ2n) is 7.81. The highest BCUT2D eigenvalue weighted by atomic mass is 16.3. The molecule has 0 aliphatic heterocycles. The molecule has 2 aromatic heterocycles. The average Bonchev–Trinajstić information content (AvgIpc) is 3.29. The summed E-state index contributed by atoms with van der Waals surface area (Å²) >= 11 is 0. The van der Waals surface area contributed by atoms with Crippen molar-refractivity contribution in [3.8, 4) is 0 Å². The Bertz CT molecular complexity index is 1100. The number of nitrogens with one attached hydrogen (secondary N) is 1. The lowest BCUT2D eigenvalue weighted by Gasteiger charge is -2.20. The first kappa shape index (κ1) is 22.1. The summed E-state index contributed by atoms with van der Waals surface area (Å²) in [4.78, 5) is 40.6. The van der Waals surface area contributed by atoms with Gasteiger partial charge in [-0.25, -0.2) is 0 Å². The van der Waals surface area contributed by atoms with Gasteiger partial charge in [0.1, 0.15) is 16.9 Å². The minimum absolute atomic E-state index is 0.0366. The van der Waals surface area contributed by atoms with Crippen LogP contribution in [-0.4, -0.2) is 28.3 Å². The SMILES string of the molecule is CC(NC(=O)c1cn(C(C)C)cc(C(=O)N(C)Cc2ccccc2)c1=O)c1ccco1. The number of pyridine rings is 1. The van der Waals surface area contributed by atoms with Crippen molar-refractivity contribution in [2.24, 2.45) is 0 Å². The zero-order chi connectivity index (χ0) is 22.5. The van der Waals surface area contributed by atoms with Crippen molar-refractivity contribution in [1.29, 1.82) is 0 Å². The standard InChI is InChI=1S/C24H27N3O4/c1-16(2)27-14-19(23(29)25-17(3)21-11-8-12-31-21)22(28)20(15-27)24(30)26(4)13-18-9-6-5-7-10-18/h5-12,14-17H,13H2,1-4H3,(H,25,29). The van der Waals surface area contributed by atoms with Crippen LogP contribution in [0.5, 0.6) is 0 Å². The maximum absolute atomic E-state index is 13.1. The first-order valence-electron chi connectivity index (χ1n) is 10.2. The van der Waals surface area contributed by atoms with Gasteiger partial charge in [0, 0.05) is 32.0 Å². The van der Waals surface area contributed by atoms with Crippen LogP contribution in [0.25, 0.3) is 0 Å². The van der Waals surface area contributed by atoms with Crippen molar-refractivity contribution in [2.75, 3.05) is 7.05 Å². The lowest BCUT2D eigenvalue weighted by molar-refractivity contribution is 0.0782. The van der Waals surface area contributed by atoms with Crippen molar-refractivity contribution in [1.82, 2.24) is 14.8 Å². The van der Waals surface area contributed by atoms with E-state index in [1.165, 1.54) is 23.6 Å². The maximum Gasteiger partial charge on any atom is 0.259 e. The van der Waals surface area contributed by atoms with Gasteiger partial charge in [0.2, 0.25) is 5.43 Å². The van der Waals surface area contributed by atoms with E-state index in [1.54, 1.807) is 30.7 Å². The predicted molar refractivity (Wildman–Crippen MR) is 118 cm³/mol. The molecule has 7 heteroatoms. The molecule has 1 atom stereocenters. The Labute approximate surface area is 181 Å². The van der Waals surface area contributed by atoms with Gasteiger partial charge in [-0.2, -0.15) is 0 Å². The molecule has 0 aliphatic rings. The van der Waals surface area contributed by atoms with Crippen LogP contribution in [0.4, 0.5) is 0 Å². The van der Waals surface area contributed by atoms with Gasteiger partial charge in [-0.15, -0.1) is 0 Å². The molecule has 1 unspecified atom stereocenters. The number of hydrogen-bond donors (Lipinski definition) is 1. The molecule has 2 heterocycles. The Balaban J connectivity index is 1.91. The third-order valence-corrected chi connectivity index (χ3v) is 5.04. The minimum Gasteiger partial charge on any atom is -0.467 e. The number of benzene rings is 1. The number of rotatable bonds is 7. The first-order chi connectivity index (χ1) is 14.8. The Morgan fingerprint density at radius 3 is 2.32 bits per heavy atom. The van der Waals surface area contributed by atoms with Gasteiger partial charge in [-0.3, -0.25) is 14.4 Å². The topological polar surface area (TPSA) is 84.5 Å². The van der Waals surface area contributed by atoms with Crippen LogP contribution < -0.4 is 10.7 Å². The molecule has 0 saturated carbocycles. The molecular weight excluding hydrogens is 394 g/mol. The fourth-order valence-electron chi connectivity index (χ4n) is 3.23. The third kappa shape index (κ3) is 5.12. The molecule has 0 bridgehead atoms. The minimum atomic E-state index is -0.592. The van der Waals surface area contributed by atoms with E-state index < -0.39 is 23.3 Å². The highest BCUT2D eigenvalue weighted by molar-refractivity contribution is 5.99. The molecular formula is C24H27N3O4. The van der Waals surface area contributed by atoms with E-state index >= 15 is 0 Å². The van der Waals surface area contributed by atoms with Crippen LogP contribution >= 0.6 is 0 Å². The van der Waals surface area contributed by atoms with E-state index in [0.29, 0.717) is 12.3 Å². The Morgan fingerprint density at radius 1 is 1.03 bits per heavy atom. The summed E-state index contributed by atoms with van der Waals surface area (Å²) in [5.41, 5.74) is 0.242. The van der Waals surface area contributed by atoms with Crippen LogP contribution in [0.2, 0.25) is 0 Å². The van der Waals surface area contributed by atoms with Gasteiger partial charge in [0.05, 0.1) is 12.3 Å². The summed E-state index contributed by atoms with van der Waals surface area (Å²) in [6.45, 7) is 5.95. The summed E-state index contributed by atoms with van der Waals surface area (Å²) in [6.07, 6.45) is 4.53. The smallest absolute Gasteiger partial charge is 0.259 e. The van der Waals surface area contributed by atoms with Gasteiger partial charge >= 0.3 is 0 Å². The number of furan rings is 1. The number of carbonyl (C=O) groups excluding carboxylic acids is 2. The molecule has 0 saturated heterocycles. The zero-order valence-electron chi connectivity index (χ0n) is 18.2. The third-order valence-electron chi connectivity index (χ3n) is 5.04. The molecule has 7 nitrogen and oxygen atoms in total. The molecule has 1 N–H and O–H groups in total. The number of nitrogens with zero attached hydrogens (tertiary/aromatic N) is 2. The fourth-order valence-corrected chi connectivity index (χ4v) is 3.23. The normalized spacial score (nSPS) is 11.9. The van der Waals surface area contributed by atoms with Gasteiger partial charge in [0.25, 0.3) is 11.8 Å². The second-order valence-corrected chi connectivity index (χ2v) is 7.81. The predicted octanol–water partition coefficient (Wildman–Crippen LogP) is 3.79. The van der Waals surface area contributed by atoms with E-state index in [-0.39, 0.29) is 17.2 Å². The maximum atomic E-state index is 13.1. The van der Waals surface area contributed by atoms with E-state index in [2.05, 4.69) is 5.32 Å². The van der Waals surface area contributed by atoms with Gasteiger partial charge in [-0.05, 0) is 38.5 Å². The molecule has 3 aromatic rings. The van der Waals surface area contributed by atoms with Crippen molar-refractivity contribution >= 4 is 11.8 Å². The summed E-state index contributed by atoms with van der Waals surface area (Å²) in [5.74, 6) is -0.409. The number of aromatic nitrogens is 1. The molecule has 0 radical (unpaired) electrons. The largest absolute Gasteiger partial charge is 0.467 e. The Morgan fingerprint density at radius 2 is 1.71 bits per heavy atom. The van der Waals surface area contributed by atoms with E-state index in [4.69, 9.17) is 4.42 Å². The van der Waals surface area contributed by atoms with Crippen LogP contribution in [0, 0.1) is 0 Å². The molecule has 0 spiro atoms. The summed E-state index contributed by atoms with van der Waals surface area (Å²) in [5, 5.41) is 2.77. The lowest BCUT2D eigenvalue weighted by Crippen LogP contribution is -2.37. The monoisotopic (exact) mass is 421 g/mol.